The molecule has 0 radical (unpaired) electrons. The van der Waals surface area contributed by atoms with Crippen molar-refractivity contribution < 1.29 is 4.74 Å². The average molecular weight is 321 g/mol. The summed E-state index contributed by atoms with van der Waals surface area (Å²) in [5.74, 6) is 1.58. The highest BCUT2D eigenvalue weighted by Gasteiger charge is 2.35. The Balaban J connectivity index is 1.54. The van der Waals surface area contributed by atoms with E-state index in [-0.39, 0.29) is 0 Å². The van der Waals surface area contributed by atoms with Gasteiger partial charge >= 0.3 is 0 Å². The first-order valence-electron chi connectivity index (χ1n) is 8.69. The maximum Gasteiger partial charge on any atom is 0.246 e. The Bertz CT molecular complexity index is 463. The number of hydrogen-bond acceptors (Lipinski definition) is 5. The molecule has 0 amide bonds. The third kappa shape index (κ3) is 4.13. The zero-order valence-corrected chi connectivity index (χ0v) is 14.4. The number of ether oxygens (including phenoxy) is 1. The molecular weight excluding hydrogens is 294 g/mol. The smallest absolute Gasteiger partial charge is 0.246 e. The fourth-order valence-corrected chi connectivity index (χ4v) is 4.75. The van der Waals surface area contributed by atoms with Crippen LogP contribution in [0.5, 0.6) is 5.88 Å². The van der Waals surface area contributed by atoms with E-state index in [9.17, 15) is 0 Å². The van der Waals surface area contributed by atoms with E-state index in [0.717, 1.165) is 29.9 Å². The summed E-state index contributed by atoms with van der Waals surface area (Å²) in [4.78, 5) is 11.5. The second-order valence-corrected chi connectivity index (χ2v) is 7.60. The van der Waals surface area contributed by atoms with Gasteiger partial charge in [-0.3, -0.25) is 0 Å². The first kappa shape index (κ1) is 16.1. The van der Waals surface area contributed by atoms with Crippen LogP contribution in [0.1, 0.15) is 45.4 Å². The summed E-state index contributed by atoms with van der Waals surface area (Å²) in [6, 6.07) is 0. The Morgan fingerprint density at radius 1 is 1.18 bits per heavy atom. The zero-order valence-electron chi connectivity index (χ0n) is 13.5. The number of unbranched alkanes of at least 4 members (excludes halogenated alkanes) is 3. The third-order valence-electron chi connectivity index (χ3n) is 4.73. The summed E-state index contributed by atoms with van der Waals surface area (Å²) in [6.07, 6.45) is 11.1. The van der Waals surface area contributed by atoms with Crippen LogP contribution < -0.4 is 4.74 Å². The predicted molar refractivity (Wildman–Crippen MR) is 90.5 cm³/mol. The molecule has 3 saturated heterocycles. The van der Waals surface area contributed by atoms with Crippen LogP contribution in [0.3, 0.4) is 0 Å². The quantitative estimate of drug-likeness (QED) is 0.684. The highest BCUT2D eigenvalue weighted by molar-refractivity contribution is 8.00. The molecule has 0 saturated carbocycles. The molecule has 1 unspecified atom stereocenters. The maximum absolute atomic E-state index is 5.90. The Labute approximate surface area is 138 Å². The molecule has 4 nitrogen and oxygen atoms in total. The lowest BCUT2D eigenvalue weighted by Crippen LogP contribution is -2.49. The monoisotopic (exact) mass is 321 g/mol. The SMILES string of the molecule is CCCCCCOc1nccnc1SC1CN2CCC1CC2. The molecular formula is C17H27N3OS. The third-order valence-corrected chi connectivity index (χ3v) is 6.07. The fraction of sp³-hybridized carbons (Fsp3) is 0.765. The molecule has 0 aliphatic carbocycles. The molecule has 2 bridgehead atoms. The van der Waals surface area contributed by atoms with Gasteiger partial charge in [0.25, 0.3) is 0 Å². The predicted octanol–water partition coefficient (Wildman–Crippen LogP) is 3.62. The minimum atomic E-state index is 0.654. The molecule has 0 N–H and O–H groups in total. The standard InChI is InChI=1S/C17H27N3OS/c1-2-3-4-5-12-21-16-17(19-9-8-18-16)22-15-13-20-10-6-14(15)7-11-20/h8-9,14-15H,2-7,10-13H2,1H3. The van der Waals surface area contributed by atoms with Crippen LogP contribution in [0.2, 0.25) is 0 Å². The van der Waals surface area contributed by atoms with Crippen LogP contribution in [-0.2, 0) is 0 Å². The molecule has 122 valence electrons. The second-order valence-electron chi connectivity index (χ2n) is 6.37. The van der Waals surface area contributed by atoms with Crippen LogP contribution in [0.25, 0.3) is 0 Å². The maximum atomic E-state index is 5.90. The average Bonchev–Trinajstić information content (AvgIpc) is 2.57. The van der Waals surface area contributed by atoms with E-state index < -0.39 is 0 Å². The molecule has 1 aromatic heterocycles. The molecule has 1 aromatic rings. The molecule has 22 heavy (non-hydrogen) atoms. The van der Waals surface area contributed by atoms with Gasteiger partial charge in [0.05, 0.1) is 6.61 Å². The number of rotatable bonds is 8. The van der Waals surface area contributed by atoms with Crippen molar-refractivity contribution in [1.82, 2.24) is 14.9 Å². The minimum Gasteiger partial charge on any atom is -0.476 e. The number of nitrogens with zero attached hydrogens (tertiary/aromatic N) is 3. The molecule has 1 atom stereocenters. The van der Waals surface area contributed by atoms with Crippen molar-refractivity contribution in [2.75, 3.05) is 26.2 Å². The van der Waals surface area contributed by atoms with Crippen molar-refractivity contribution in [3.05, 3.63) is 12.4 Å². The molecule has 3 fully saturated rings. The molecule has 5 heteroatoms. The largest absolute Gasteiger partial charge is 0.476 e. The van der Waals surface area contributed by atoms with Crippen LogP contribution in [-0.4, -0.2) is 46.4 Å². The van der Waals surface area contributed by atoms with E-state index in [0.29, 0.717) is 5.25 Å². The lowest BCUT2D eigenvalue weighted by Gasteiger charge is -2.44. The van der Waals surface area contributed by atoms with Gasteiger partial charge in [-0.1, -0.05) is 37.9 Å². The van der Waals surface area contributed by atoms with Crippen molar-refractivity contribution in [3.8, 4) is 5.88 Å². The Hall–Kier alpha value is -0.810. The van der Waals surface area contributed by atoms with Gasteiger partial charge in [-0.25, -0.2) is 9.97 Å². The van der Waals surface area contributed by atoms with E-state index in [2.05, 4.69) is 21.8 Å². The first-order valence-corrected chi connectivity index (χ1v) is 9.57. The highest BCUT2D eigenvalue weighted by Crippen LogP contribution is 2.39. The second kappa shape index (κ2) is 8.16. The summed E-state index contributed by atoms with van der Waals surface area (Å²) in [5, 5.41) is 1.64. The van der Waals surface area contributed by atoms with Gasteiger partial charge in [0.15, 0.2) is 5.03 Å². The van der Waals surface area contributed by atoms with Gasteiger partial charge < -0.3 is 9.64 Å². The van der Waals surface area contributed by atoms with Gasteiger partial charge in [0, 0.05) is 24.2 Å². The normalized spacial score (nSPS) is 27.0. The summed E-state index contributed by atoms with van der Waals surface area (Å²) >= 11 is 1.88. The Morgan fingerprint density at radius 3 is 2.73 bits per heavy atom. The van der Waals surface area contributed by atoms with E-state index in [1.54, 1.807) is 12.4 Å². The number of aromatic nitrogens is 2. The molecule has 3 aliphatic heterocycles. The number of piperidine rings is 3. The molecule has 0 aromatic carbocycles. The molecule has 4 rings (SSSR count). The summed E-state index contributed by atoms with van der Waals surface area (Å²) < 4.78 is 5.90. The van der Waals surface area contributed by atoms with Crippen molar-refractivity contribution in [3.63, 3.8) is 0 Å². The van der Waals surface area contributed by atoms with E-state index in [1.165, 1.54) is 51.7 Å². The fourth-order valence-electron chi connectivity index (χ4n) is 3.38. The van der Waals surface area contributed by atoms with E-state index in [1.807, 2.05) is 11.8 Å². The Morgan fingerprint density at radius 2 is 2.00 bits per heavy atom. The molecule has 4 heterocycles. The van der Waals surface area contributed by atoms with Gasteiger partial charge in [-0.2, -0.15) is 0 Å². The van der Waals surface area contributed by atoms with Crippen molar-refractivity contribution in [2.24, 2.45) is 5.92 Å². The number of fused-ring (bicyclic) bond motifs is 3. The first-order chi connectivity index (χ1) is 10.9. The number of hydrogen-bond donors (Lipinski definition) is 0. The van der Waals surface area contributed by atoms with Gasteiger partial charge in [-0.15, -0.1) is 0 Å². The minimum absolute atomic E-state index is 0.654. The lowest BCUT2D eigenvalue weighted by molar-refractivity contribution is 0.118. The van der Waals surface area contributed by atoms with Gasteiger partial charge in [0.2, 0.25) is 5.88 Å². The lowest BCUT2D eigenvalue weighted by atomic mass is 9.88. The van der Waals surface area contributed by atoms with Crippen LogP contribution in [0, 0.1) is 5.92 Å². The molecule has 0 spiro atoms. The summed E-state index contributed by atoms with van der Waals surface area (Å²) in [7, 11) is 0. The van der Waals surface area contributed by atoms with E-state index >= 15 is 0 Å². The van der Waals surface area contributed by atoms with Gasteiger partial charge in [-0.05, 0) is 38.3 Å². The van der Waals surface area contributed by atoms with Gasteiger partial charge in [0.1, 0.15) is 0 Å². The van der Waals surface area contributed by atoms with Crippen molar-refractivity contribution in [2.45, 2.75) is 55.7 Å². The number of thioether (sulfide) groups is 1. The molecule has 3 aliphatic rings. The van der Waals surface area contributed by atoms with Crippen LogP contribution in [0.15, 0.2) is 17.4 Å². The topological polar surface area (TPSA) is 38.3 Å². The summed E-state index contributed by atoms with van der Waals surface area (Å²) in [6.45, 7) is 6.74. The van der Waals surface area contributed by atoms with Crippen LogP contribution >= 0.6 is 11.8 Å². The Kier molecular flexibility index (Phi) is 5.96. The summed E-state index contributed by atoms with van der Waals surface area (Å²) in [5.41, 5.74) is 0. The van der Waals surface area contributed by atoms with E-state index in [4.69, 9.17) is 4.74 Å². The highest BCUT2D eigenvalue weighted by atomic mass is 32.2. The van der Waals surface area contributed by atoms with Crippen molar-refractivity contribution in [1.29, 1.82) is 0 Å². The van der Waals surface area contributed by atoms with Crippen LogP contribution in [0.4, 0.5) is 0 Å². The van der Waals surface area contributed by atoms with Crippen molar-refractivity contribution >= 4 is 11.8 Å². The zero-order chi connectivity index (χ0) is 15.2.